The zero-order valence-corrected chi connectivity index (χ0v) is 12.6. The van der Waals surface area contributed by atoms with Gasteiger partial charge >= 0.3 is 0 Å². The van der Waals surface area contributed by atoms with E-state index < -0.39 is 0 Å². The molecule has 0 spiro atoms. The fourth-order valence-corrected chi connectivity index (χ4v) is 2.93. The number of aromatic nitrogens is 2. The third-order valence-corrected chi connectivity index (χ3v) is 4.26. The summed E-state index contributed by atoms with van der Waals surface area (Å²) in [5, 5.41) is 7.48. The normalized spacial score (nSPS) is 21.4. The van der Waals surface area contributed by atoms with Crippen LogP contribution in [0.1, 0.15) is 44.2 Å². The van der Waals surface area contributed by atoms with E-state index in [9.17, 15) is 4.39 Å². The molecule has 1 fully saturated rings. The van der Waals surface area contributed by atoms with Crippen LogP contribution in [0.5, 0.6) is 0 Å². The lowest BCUT2D eigenvalue weighted by Gasteiger charge is -2.36. The molecule has 1 aliphatic rings. The third kappa shape index (κ3) is 2.70. The fraction of sp³-hybridized carbons (Fsp3) is 0.500. The van der Waals surface area contributed by atoms with Crippen molar-refractivity contribution in [2.45, 2.75) is 39.7 Å². The average molecular weight is 289 g/mol. The molecule has 21 heavy (non-hydrogen) atoms. The molecule has 1 atom stereocenters. The lowest BCUT2D eigenvalue weighted by atomic mass is 9.77. The van der Waals surface area contributed by atoms with Gasteiger partial charge in [-0.1, -0.05) is 25.1 Å². The maximum Gasteiger partial charge on any atom is 0.244 e. The summed E-state index contributed by atoms with van der Waals surface area (Å²) in [7, 11) is 0. The standard InChI is InChI=1S/C16H20FN3O/c1-10-5-6-11(17)9-12(10)14-19-15(21-20-14)13-16(2,3)7-4-8-18-13/h5-6,9,13,18H,4,7-8H2,1-3H3. The van der Waals surface area contributed by atoms with Crippen LogP contribution in [0.25, 0.3) is 11.4 Å². The molecule has 1 unspecified atom stereocenters. The number of hydrogen-bond acceptors (Lipinski definition) is 4. The molecule has 0 amide bonds. The predicted molar refractivity (Wildman–Crippen MR) is 78.2 cm³/mol. The zero-order chi connectivity index (χ0) is 15.0. The van der Waals surface area contributed by atoms with E-state index in [1.807, 2.05) is 6.92 Å². The largest absolute Gasteiger partial charge is 0.337 e. The van der Waals surface area contributed by atoms with Gasteiger partial charge in [0.25, 0.3) is 0 Å². The minimum Gasteiger partial charge on any atom is -0.337 e. The lowest BCUT2D eigenvalue weighted by molar-refractivity contribution is 0.146. The Hall–Kier alpha value is -1.75. The van der Waals surface area contributed by atoms with Crippen LogP contribution in [0.4, 0.5) is 4.39 Å². The summed E-state index contributed by atoms with van der Waals surface area (Å²) in [6, 6.07) is 4.65. The molecule has 0 aliphatic carbocycles. The van der Waals surface area contributed by atoms with Gasteiger partial charge in [0.2, 0.25) is 11.7 Å². The highest BCUT2D eigenvalue weighted by Gasteiger charge is 2.37. The third-order valence-electron chi connectivity index (χ3n) is 4.26. The summed E-state index contributed by atoms with van der Waals surface area (Å²) in [6.07, 6.45) is 2.26. The van der Waals surface area contributed by atoms with E-state index in [0.717, 1.165) is 24.9 Å². The highest BCUT2D eigenvalue weighted by atomic mass is 19.1. The van der Waals surface area contributed by atoms with Gasteiger partial charge in [-0.25, -0.2) is 4.39 Å². The van der Waals surface area contributed by atoms with Crippen LogP contribution in [-0.2, 0) is 0 Å². The van der Waals surface area contributed by atoms with Gasteiger partial charge in [0.05, 0.1) is 6.04 Å². The highest BCUT2D eigenvalue weighted by molar-refractivity contribution is 5.59. The summed E-state index contributed by atoms with van der Waals surface area (Å²) >= 11 is 0. The first-order valence-corrected chi connectivity index (χ1v) is 7.31. The molecule has 112 valence electrons. The minimum absolute atomic E-state index is 0.0429. The van der Waals surface area contributed by atoms with Crippen molar-refractivity contribution in [1.29, 1.82) is 0 Å². The molecule has 1 aromatic carbocycles. The maximum absolute atomic E-state index is 13.4. The number of hydrogen-bond donors (Lipinski definition) is 1. The van der Waals surface area contributed by atoms with Gasteiger partial charge in [-0.2, -0.15) is 4.98 Å². The average Bonchev–Trinajstić information content (AvgIpc) is 2.90. The summed E-state index contributed by atoms with van der Waals surface area (Å²) < 4.78 is 18.9. The van der Waals surface area contributed by atoms with Crippen molar-refractivity contribution in [2.24, 2.45) is 5.41 Å². The van der Waals surface area contributed by atoms with Gasteiger partial charge < -0.3 is 9.84 Å². The molecule has 1 aliphatic heterocycles. The molecule has 0 saturated carbocycles. The Balaban J connectivity index is 1.94. The van der Waals surface area contributed by atoms with Crippen LogP contribution < -0.4 is 5.32 Å². The number of aryl methyl sites for hydroxylation is 1. The second kappa shape index (κ2) is 5.22. The van der Waals surface area contributed by atoms with E-state index in [1.165, 1.54) is 12.1 Å². The van der Waals surface area contributed by atoms with Gasteiger partial charge in [-0.15, -0.1) is 0 Å². The lowest BCUT2D eigenvalue weighted by Crippen LogP contribution is -2.39. The molecule has 0 bridgehead atoms. The van der Waals surface area contributed by atoms with Crippen LogP contribution in [0.15, 0.2) is 22.7 Å². The van der Waals surface area contributed by atoms with Crippen molar-refractivity contribution in [3.63, 3.8) is 0 Å². The van der Waals surface area contributed by atoms with Gasteiger partial charge in [0.1, 0.15) is 5.82 Å². The monoisotopic (exact) mass is 289 g/mol. The van der Waals surface area contributed by atoms with E-state index in [4.69, 9.17) is 4.52 Å². The van der Waals surface area contributed by atoms with Gasteiger partial charge in [-0.3, -0.25) is 0 Å². The molecule has 4 nitrogen and oxygen atoms in total. The van der Waals surface area contributed by atoms with Crippen LogP contribution >= 0.6 is 0 Å². The SMILES string of the molecule is Cc1ccc(F)cc1-c1noc(C2NCCCC2(C)C)n1. The first-order valence-electron chi connectivity index (χ1n) is 7.31. The first-order chi connectivity index (χ1) is 9.97. The summed E-state index contributed by atoms with van der Waals surface area (Å²) in [5.74, 6) is 0.738. The molecule has 1 aromatic heterocycles. The number of halogens is 1. The quantitative estimate of drug-likeness (QED) is 0.917. The number of nitrogens with one attached hydrogen (secondary N) is 1. The smallest absolute Gasteiger partial charge is 0.244 e. The van der Waals surface area contributed by atoms with Gasteiger partial charge in [0, 0.05) is 5.56 Å². The van der Waals surface area contributed by atoms with E-state index >= 15 is 0 Å². The second-order valence-corrected chi connectivity index (χ2v) is 6.39. The van der Waals surface area contributed by atoms with Crippen LogP contribution in [0, 0.1) is 18.2 Å². The van der Waals surface area contributed by atoms with E-state index in [0.29, 0.717) is 17.3 Å². The number of benzene rings is 1. The van der Waals surface area contributed by atoms with Crippen molar-refractivity contribution < 1.29 is 8.91 Å². The Morgan fingerprint density at radius 3 is 2.95 bits per heavy atom. The Bertz CT molecular complexity index is 651. The Labute approximate surface area is 123 Å². The maximum atomic E-state index is 13.4. The van der Waals surface area contributed by atoms with Gasteiger partial charge in [-0.05, 0) is 49.4 Å². The summed E-state index contributed by atoms with van der Waals surface area (Å²) in [4.78, 5) is 4.49. The Morgan fingerprint density at radius 1 is 1.38 bits per heavy atom. The van der Waals surface area contributed by atoms with Crippen molar-refractivity contribution in [2.75, 3.05) is 6.54 Å². The minimum atomic E-state index is -0.293. The summed E-state index contributed by atoms with van der Waals surface area (Å²) in [5.41, 5.74) is 1.68. The fourth-order valence-electron chi connectivity index (χ4n) is 2.93. The molecule has 2 heterocycles. The molecular formula is C16H20FN3O. The van der Waals surface area contributed by atoms with E-state index in [1.54, 1.807) is 6.07 Å². The van der Waals surface area contributed by atoms with Crippen molar-refractivity contribution in [3.8, 4) is 11.4 Å². The second-order valence-electron chi connectivity index (χ2n) is 6.39. The van der Waals surface area contributed by atoms with Crippen molar-refractivity contribution in [1.82, 2.24) is 15.5 Å². The topological polar surface area (TPSA) is 51.0 Å². The first kappa shape index (κ1) is 14.2. The molecular weight excluding hydrogens is 269 g/mol. The molecule has 2 aromatic rings. The van der Waals surface area contributed by atoms with Crippen LogP contribution in [0.3, 0.4) is 0 Å². The molecule has 1 saturated heterocycles. The number of rotatable bonds is 2. The molecule has 0 radical (unpaired) electrons. The molecule has 3 rings (SSSR count). The predicted octanol–water partition coefficient (Wildman–Crippen LogP) is 3.63. The van der Waals surface area contributed by atoms with Crippen molar-refractivity contribution >= 4 is 0 Å². The Morgan fingerprint density at radius 2 is 2.19 bits per heavy atom. The number of piperidine rings is 1. The number of nitrogens with zero attached hydrogens (tertiary/aromatic N) is 2. The Kier molecular flexibility index (Phi) is 3.53. The molecule has 5 heteroatoms. The molecule has 1 N–H and O–H groups in total. The van der Waals surface area contributed by atoms with Crippen molar-refractivity contribution in [3.05, 3.63) is 35.5 Å². The van der Waals surface area contributed by atoms with E-state index in [2.05, 4.69) is 29.3 Å². The van der Waals surface area contributed by atoms with Crippen LogP contribution in [0.2, 0.25) is 0 Å². The van der Waals surface area contributed by atoms with Gasteiger partial charge in [0.15, 0.2) is 0 Å². The summed E-state index contributed by atoms with van der Waals surface area (Å²) in [6.45, 7) is 7.25. The van der Waals surface area contributed by atoms with E-state index in [-0.39, 0.29) is 17.3 Å². The highest BCUT2D eigenvalue weighted by Crippen LogP contribution is 2.39. The van der Waals surface area contributed by atoms with Crippen LogP contribution in [-0.4, -0.2) is 16.7 Å². The zero-order valence-electron chi connectivity index (χ0n) is 12.6.